The highest BCUT2D eigenvalue weighted by atomic mass is 79.9. The second-order valence-corrected chi connectivity index (χ2v) is 10.1. The lowest BCUT2D eigenvalue weighted by atomic mass is 10.0. The minimum atomic E-state index is -0.101. The molecule has 1 N–H and O–H groups in total. The van der Waals surface area contributed by atoms with Crippen molar-refractivity contribution in [3.8, 4) is 17.5 Å². The summed E-state index contributed by atoms with van der Waals surface area (Å²) in [6.45, 7) is 3.57. The van der Waals surface area contributed by atoms with Gasteiger partial charge in [-0.2, -0.15) is 9.50 Å². The first kappa shape index (κ1) is 21.4. The van der Waals surface area contributed by atoms with Gasteiger partial charge in [-0.1, -0.05) is 57.6 Å². The van der Waals surface area contributed by atoms with E-state index in [1.807, 2.05) is 24.3 Å². The fraction of sp³-hybridized carbons (Fsp3) is 0.200. The molecule has 9 heteroatoms. The number of halogens is 1. The molecular formula is C25H22BrN5O2S. The van der Waals surface area contributed by atoms with E-state index in [0.29, 0.717) is 16.5 Å². The van der Waals surface area contributed by atoms with E-state index in [1.54, 1.807) is 12.3 Å². The number of fused-ring (bicyclic) bond motifs is 1. The van der Waals surface area contributed by atoms with Gasteiger partial charge in [0.2, 0.25) is 16.7 Å². The third-order valence-electron chi connectivity index (χ3n) is 6.15. The number of thiazole rings is 1. The van der Waals surface area contributed by atoms with Crippen LogP contribution in [0.2, 0.25) is 0 Å². The van der Waals surface area contributed by atoms with E-state index in [9.17, 15) is 5.11 Å². The van der Waals surface area contributed by atoms with Crippen LogP contribution in [-0.2, 0) is 0 Å². The van der Waals surface area contributed by atoms with E-state index in [1.165, 1.54) is 21.5 Å². The number of benzene rings is 2. The van der Waals surface area contributed by atoms with Crippen LogP contribution in [0.15, 0.2) is 81.9 Å². The largest absolute Gasteiger partial charge is 0.492 e. The number of anilines is 1. The van der Waals surface area contributed by atoms with Crippen LogP contribution < -0.4 is 4.90 Å². The van der Waals surface area contributed by atoms with Crippen LogP contribution in [-0.4, -0.2) is 50.8 Å². The second-order valence-electron chi connectivity index (χ2n) is 8.21. The van der Waals surface area contributed by atoms with Crippen molar-refractivity contribution < 1.29 is 9.52 Å². The van der Waals surface area contributed by atoms with Gasteiger partial charge in [-0.15, -0.1) is 5.10 Å². The molecule has 1 aliphatic rings. The van der Waals surface area contributed by atoms with E-state index in [2.05, 4.69) is 72.2 Å². The highest BCUT2D eigenvalue weighted by Crippen LogP contribution is 2.41. The Morgan fingerprint density at radius 1 is 0.971 bits per heavy atom. The third-order valence-corrected chi connectivity index (χ3v) is 7.72. The molecule has 2 aromatic carbocycles. The molecule has 0 unspecified atom stereocenters. The highest BCUT2D eigenvalue weighted by molar-refractivity contribution is 9.10. The fourth-order valence-electron chi connectivity index (χ4n) is 4.52. The van der Waals surface area contributed by atoms with Crippen molar-refractivity contribution >= 4 is 37.9 Å². The lowest BCUT2D eigenvalue weighted by Crippen LogP contribution is -2.47. The molecule has 1 fully saturated rings. The van der Waals surface area contributed by atoms with Gasteiger partial charge >= 0.3 is 0 Å². The first-order valence-corrected chi connectivity index (χ1v) is 12.7. The third kappa shape index (κ3) is 3.89. The van der Waals surface area contributed by atoms with Crippen molar-refractivity contribution in [1.82, 2.24) is 19.5 Å². The lowest BCUT2D eigenvalue weighted by molar-refractivity contribution is 0.211. The van der Waals surface area contributed by atoms with Crippen LogP contribution in [0.3, 0.4) is 0 Å². The standard InChI is InChI=1S/C25H22BrN5O2S/c26-18-7-4-6-17(16-18)21(30-13-11-29(12-14-30)19-8-2-1-3-9-19)22-24(32)31-25(34-22)27-23(28-31)20-10-5-15-33-20/h1-10,15-16,21,32H,11-14H2/t21-/m1/s1. The average molecular weight is 536 g/mol. The van der Waals surface area contributed by atoms with Crippen LogP contribution in [0.25, 0.3) is 16.5 Å². The Bertz CT molecular complexity index is 1410. The van der Waals surface area contributed by atoms with Gasteiger partial charge in [-0.25, -0.2) is 0 Å². The van der Waals surface area contributed by atoms with Crippen LogP contribution in [0.5, 0.6) is 5.88 Å². The Hall–Kier alpha value is -3.14. The Labute approximate surface area is 209 Å². The molecule has 0 saturated carbocycles. The van der Waals surface area contributed by atoms with Gasteiger partial charge in [0.05, 0.1) is 17.2 Å². The number of hydrogen-bond donors (Lipinski definition) is 1. The molecule has 0 bridgehead atoms. The molecule has 172 valence electrons. The predicted molar refractivity (Wildman–Crippen MR) is 136 cm³/mol. The SMILES string of the molecule is Oc1c([C@@H](c2cccc(Br)c2)N2CCN(c3ccccc3)CC2)sc2nc(-c3ccco3)nn12. The van der Waals surface area contributed by atoms with Crippen molar-refractivity contribution in [2.75, 3.05) is 31.1 Å². The summed E-state index contributed by atoms with van der Waals surface area (Å²) in [6, 6.07) is 22.3. The van der Waals surface area contributed by atoms with Crippen molar-refractivity contribution in [1.29, 1.82) is 0 Å². The van der Waals surface area contributed by atoms with E-state index in [0.717, 1.165) is 41.1 Å². The van der Waals surface area contributed by atoms with Gasteiger partial charge < -0.3 is 14.4 Å². The lowest BCUT2D eigenvalue weighted by Gasteiger charge is -2.40. The number of aromatic nitrogens is 3. The van der Waals surface area contributed by atoms with Crippen LogP contribution in [0.1, 0.15) is 16.5 Å². The number of rotatable bonds is 5. The van der Waals surface area contributed by atoms with E-state index in [-0.39, 0.29) is 11.9 Å². The van der Waals surface area contributed by atoms with Crippen LogP contribution in [0.4, 0.5) is 5.69 Å². The van der Waals surface area contributed by atoms with Crippen molar-refractivity contribution in [3.05, 3.63) is 87.9 Å². The van der Waals surface area contributed by atoms with Gasteiger partial charge in [-0.3, -0.25) is 4.90 Å². The molecule has 6 rings (SSSR count). The van der Waals surface area contributed by atoms with E-state index < -0.39 is 0 Å². The Balaban J connectivity index is 1.35. The maximum Gasteiger partial charge on any atom is 0.230 e. The molecule has 0 amide bonds. The molecule has 34 heavy (non-hydrogen) atoms. The summed E-state index contributed by atoms with van der Waals surface area (Å²) in [4.78, 5) is 10.9. The smallest absolute Gasteiger partial charge is 0.230 e. The zero-order valence-electron chi connectivity index (χ0n) is 18.2. The molecule has 1 saturated heterocycles. The minimum Gasteiger partial charge on any atom is -0.492 e. The van der Waals surface area contributed by atoms with Gasteiger partial charge in [0.15, 0.2) is 5.76 Å². The maximum atomic E-state index is 11.3. The van der Waals surface area contributed by atoms with E-state index in [4.69, 9.17) is 4.42 Å². The van der Waals surface area contributed by atoms with Gasteiger partial charge in [0.1, 0.15) is 0 Å². The van der Waals surface area contributed by atoms with Gasteiger partial charge in [0.25, 0.3) is 0 Å². The molecule has 5 aromatic rings. The van der Waals surface area contributed by atoms with Crippen molar-refractivity contribution in [2.45, 2.75) is 6.04 Å². The summed E-state index contributed by atoms with van der Waals surface area (Å²) in [7, 11) is 0. The summed E-state index contributed by atoms with van der Waals surface area (Å²) < 4.78 is 7.95. The predicted octanol–water partition coefficient (Wildman–Crippen LogP) is 5.43. The number of aromatic hydroxyl groups is 1. The normalized spacial score (nSPS) is 15.7. The van der Waals surface area contributed by atoms with E-state index >= 15 is 0 Å². The monoisotopic (exact) mass is 535 g/mol. The Morgan fingerprint density at radius 2 is 1.79 bits per heavy atom. The van der Waals surface area contributed by atoms with Crippen molar-refractivity contribution in [2.24, 2.45) is 0 Å². The van der Waals surface area contributed by atoms with Gasteiger partial charge in [0, 0.05) is 36.3 Å². The summed E-state index contributed by atoms with van der Waals surface area (Å²) in [6.07, 6.45) is 1.59. The molecular weight excluding hydrogens is 514 g/mol. The molecule has 4 heterocycles. The molecule has 1 atom stereocenters. The Kier molecular flexibility index (Phi) is 5.60. The number of furan rings is 1. The molecule has 7 nitrogen and oxygen atoms in total. The summed E-state index contributed by atoms with van der Waals surface area (Å²) in [5.74, 6) is 1.17. The topological polar surface area (TPSA) is 70.0 Å². The zero-order chi connectivity index (χ0) is 23.1. The second kappa shape index (κ2) is 8.90. The van der Waals surface area contributed by atoms with Crippen LogP contribution in [0, 0.1) is 0 Å². The maximum absolute atomic E-state index is 11.3. The van der Waals surface area contributed by atoms with Crippen molar-refractivity contribution in [3.63, 3.8) is 0 Å². The fourth-order valence-corrected chi connectivity index (χ4v) is 6.05. The number of hydrogen-bond acceptors (Lipinski definition) is 7. The molecule has 1 aliphatic heterocycles. The molecule has 3 aromatic heterocycles. The average Bonchev–Trinajstić information content (AvgIpc) is 3.60. The van der Waals surface area contributed by atoms with Gasteiger partial charge in [-0.05, 0) is 42.0 Å². The summed E-state index contributed by atoms with van der Waals surface area (Å²) in [5, 5.41) is 15.8. The number of piperazine rings is 1. The number of nitrogens with zero attached hydrogens (tertiary/aromatic N) is 5. The molecule has 0 spiro atoms. The zero-order valence-corrected chi connectivity index (χ0v) is 20.6. The first-order valence-electron chi connectivity index (χ1n) is 11.1. The summed E-state index contributed by atoms with van der Waals surface area (Å²) >= 11 is 5.09. The van der Waals surface area contributed by atoms with Crippen LogP contribution >= 0.6 is 27.3 Å². The summed E-state index contributed by atoms with van der Waals surface area (Å²) in [5.41, 5.74) is 2.36. The number of para-hydroxylation sites is 1. The minimum absolute atomic E-state index is 0.101. The Morgan fingerprint density at radius 3 is 2.50 bits per heavy atom. The highest BCUT2D eigenvalue weighted by Gasteiger charge is 2.32. The molecule has 0 radical (unpaired) electrons. The quantitative estimate of drug-likeness (QED) is 0.323. The molecule has 0 aliphatic carbocycles. The first-order chi connectivity index (χ1) is 16.7.